The van der Waals surface area contributed by atoms with Crippen molar-refractivity contribution in [2.75, 3.05) is 11.9 Å². The SMILES string of the molecule is Cl.O=C(Nc1cnn(-c2cccc(C(F)(F)F)c2)c1)C1CCCCN1. The fourth-order valence-electron chi connectivity index (χ4n) is 2.66. The summed E-state index contributed by atoms with van der Waals surface area (Å²) in [7, 11) is 0. The average Bonchev–Trinajstić information content (AvgIpc) is 3.03. The van der Waals surface area contributed by atoms with Crippen LogP contribution < -0.4 is 10.6 Å². The molecule has 1 aliphatic heterocycles. The van der Waals surface area contributed by atoms with Crippen LogP contribution in [0.3, 0.4) is 0 Å². The van der Waals surface area contributed by atoms with Crippen molar-refractivity contribution in [3.05, 3.63) is 42.2 Å². The van der Waals surface area contributed by atoms with Crippen LogP contribution in [0, 0.1) is 0 Å². The van der Waals surface area contributed by atoms with Gasteiger partial charge in [-0.05, 0) is 37.6 Å². The molecule has 1 fully saturated rings. The highest BCUT2D eigenvalue weighted by Gasteiger charge is 2.30. The highest BCUT2D eigenvalue weighted by Crippen LogP contribution is 2.30. The number of hydrogen-bond donors (Lipinski definition) is 2. The van der Waals surface area contributed by atoms with Gasteiger partial charge >= 0.3 is 6.18 Å². The van der Waals surface area contributed by atoms with Gasteiger partial charge in [-0.1, -0.05) is 12.5 Å². The number of halogens is 4. The summed E-state index contributed by atoms with van der Waals surface area (Å²) in [5.74, 6) is -0.154. The lowest BCUT2D eigenvalue weighted by molar-refractivity contribution is -0.137. The summed E-state index contributed by atoms with van der Waals surface area (Å²) < 4.78 is 39.6. The first-order valence-electron chi connectivity index (χ1n) is 7.70. The standard InChI is InChI=1S/C16H17F3N4O.ClH/c17-16(18,19)11-4-3-5-13(8-11)23-10-12(9-21-23)22-15(24)14-6-1-2-7-20-14;/h3-5,8-10,14,20H,1-2,6-7H2,(H,22,24);1H. The van der Waals surface area contributed by atoms with E-state index in [1.165, 1.54) is 29.2 Å². The number of carbonyl (C=O) groups excluding carboxylic acids is 1. The Hall–Kier alpha value is -2.06. The van der Waals surface area contributed by atoms with Crippen LogP contribution in [0.4, 0.5) is 18.9 Å². The van der Waals surface area contributed by atoms with Crippen LogP contribution in [0.1, 0.15) is 24.8 Å². The smallest absolute Gasteiger partial charge is 0.322 e. The van der Waals surface area contributed by atoms with Crippen molar-refractivity contribution in [1.29, 1.82) is 0 Å². The van der Waals surface area contributed by atoms with Crippen molar-refractivity contribution in [3.63, 3.8) is 0 Å². The highest BCUT2D eigenvalue weighted by molar-refractivity contribution is 5.94. The molecular formula is C16H18ClF3N4O. The van der Waals surface area contributed by atoms with Gasteiger partial charge in [-0.2, -0.15) is 18.3 Å². The third kappa shape index (κ3) is 4.73. The van der Waals surface area contributed by atoms with Gasteiger partial charge in [-0.3, -0.25) is 4.79 Å². The molecule has 1 aliphatic rings. The van der Waals surface area contributed by atoms with Gasteiger partial charge in [0.2, 0.25) is 5.91 Å². The molecule has 1 atom stereocenters. The predicted molar refractivity (Wildman–Crippen MR) is 90.1 cm³/mol. The fraction of sp³-hybridized carbons (Fsp3) is 0.375. The Morgan fingerprint density at radius 3 is 2.80 bits per heavy atom. The topological polar surface area (TPSA) is 59.0 Å². The maximum atomic E-state index is 12.8. The fourth-order valence-corrected chi connectivity index (χ4v) is 2.66. The summed E-state index contributed by atoms with van der Waals surface area (Å²) in [5.41, 5.74) is -0.0154. The minimum Gasteiger partial charge on any atom is -0.322 e. The van der Waals surface area contributed by atoms with Gasteiger partial charge in [-0.15, -0.1) is 12.4 Å². The van der Waals surface area contributed by atoms with Crippen molar-refractivity contribution >= 4 is 24.0 Å². The molecule has 9 heteroatoms. The van der Waals surface area contributed by atoms with Crippen LogP contribution in [-0.2, 0) is 11.0 Å². The number of aromatic nitrogens is 2. The van der Waals surface area contributed by atoms with Crippen LogP contribution >= 0.6 is 12.4 Å². The molecule has 0 radical (unpaired) electrons. The molecule has 1 saturated heterocycles. The van der Waals surface area contributed by atoms with E-state index < -0.39 is 11.7 Å². The summed E-state index contributed by atoms with van der Waals surface area (Å²) in [6, 6.07) is 4.63. The molecule has 136 valence electrons. The van der Waals surface area contributed by atoms with E-state index in [9.17, 15) is 18.0 Å². The normalized spacial score (nSPS) is 17.6. The van der Waals surface area contributed by atoms with E-state index >= 15 is 0 Å². The number of amides is 1. The van der Waals surface area contributed by atoms with Crippen molar-refractivity contribution < 1.29 is 18.0 Å². The summed E-state index contributed by atoms with van der Waals surface area (Å²) in [6.45, 7) is 0.807. The Morgan fingerprint density at radius 1 is 1.32 bits per heavy atom. The molecule has 0 bridgehead atoms. The third-order valence-electron chi connectivity index (χ3n) is 3.91. The maximum absolute atomic E-state index is 12.8. The Kier molecular flexibility index (Phi) is 6.07. The second-order valence-corrected chi connectivity index (χ2v) is 5.71. The van der Waals surface area contributed by atoms with Gasteiger partial charge in [0.05, 0.1) is 35.4 Å². The molecular weight excluding hydrogens is 357 g/mol. The number of piperidine rings is 1. The number of rotatable bonds is 3. The average molecular weight is 375 g/mol. The quantitative estimate of drug-likeness (QED) is 0.865. The Balaban J connectivity index is 0.00000225. The Bertz CT molecular complexity index is 726. The monoisotopic (exact) mass is 374 g/mol. The molecule has 1 amide bonds. The molecule has 1 unspecified atom stereocenters. The molecule has 0 spiro atoms. The number of nitrogens with one attached hydrogen (secondary N) is 2. The zero-order chi connectivity index (χ0) is 17.2. The molecule has 5 nitrogen and oxygen atoms in total. The summed E-state index contributed by atoms with van der Waals surface area (Å²) >= 11 is 0. The minimum absolute atomic E-state index is 0. The Morgan fingerprint density at radius 2 is 2.12 bits per heavy atom. The molecule has 2 N–H and O–H groups in total. The van der Waals surface area contributed by atoms with Crippen LogP contribution in [0.5, 0.6) is 0 Å². The largest absolute Gasteiger partial charge is 0.416 e. The van der Waals surface area contributed by atoms with Gasteiger partial charge in [0, 0.05) is 0 Å². The van der Waals surface area contributed by atoms with E-state index in [0.717, 1.165) is 37.9 Å². The van der Waals surface area contributed by atoms with E-state index in [0.29, 0.717) is 5.69 Å². The van der Waals surface area contributed by atoms with Crippen molar-refractivity contribution in [1.82, 2.24) is 15.1 Å². The van der Waals surface area contributed by atoms with Gasteiger partial charge in [-0.25, -0.2) is 4.68 Å². The second kappa shape index (κ2) is 7.88. The first-order valence-corrected chi connectivity index (χ1v) is 7.70. The highest BCUT2D eigenvalue weighted by atomic mass is 35.5. The van der Waals surface area contributed by atoms with Crippen molar-refractivity contribution in [2.24, 2.45) is 0 Å². The molecule has 1 aromatic carbocycles. The lowest BCUT2D eigenvalue weighted by atomic mass is 10.0. The third-order valence-corrected chi connectivity index (χ3v) is 3.91. The van der Waals surface area contributed by atoms with E-state index in [1.54, 1.807) is 0 Å². The molecule has 0 saturated carbocycles. The van der Waals surface area contributed by atoms with Crippen LogP contribution in [0.15, 0.2) is 36.7 Å². The number of benzene rings is 1. The van der Waals surface area contributed by atoms with E-state index in [1.807, 2.05) is 0 Å². The van der Waals surface area contributed by atoms with Crippen molar-refractivity contribution in [3.8, 4) is 5.69 Å². The second-order valence-electron chi connectivity index (χ2n) is 5.71. The van der Waals surface area contributed by atoms with Gasteiger partial charge in [0.25, 0.3) is 0 Å². The lowest BCUT2D eigenvalue weighted by Crippen LogP contribution is -2.43. The molecule has 3 rings (SSSR count). The zero-order valence-corrected chi connectivity index (χ0v) is 14.0. The summed E-state index contributed by atoms with van der Waals surface area (Å²) in [5, 5.41) is 9.90. The molecule has 0 aliphatic carbocycles. The van der Waals surface area contributed by atoms with E-state index in [4.69, 9.17) is 0 Å². The first kappa shape index (κ1) is 19.3. The maximum Gasteiger partial charge on any atom is 0.416 e. The number of anilines is 1. The number of hydrogen-bond acceptors (Lipinski definition) is 3. The van der Waals surface area contributed by atoms with Crippen LogP contribution in [0.25, 0.3) is 5.69 Å². The molecule has 25 heavy (non-hydrogen) atoms. The number of alkyl halides is 3. The lowest BCUT2D eigenvalue weighted by Gasteiger charge is -2.22. The van der Waals surface area contributed by atoms with Gasteiger partial charge < -0.3 is 10.6 Å². The van der Waals surface area contributed by atoms with Crippen LogP contribution in [0.2, 0.25) is 0 Å². The zero-order valence-electron chi connectivity index (χ0n) is 13.2. The first-order chi connectivity index (χ1) is 11.4. The minimum atomic E-state index is -4.41. The Labute approximate surface area is 149 Å². The summed E-state index contributed by atoms with van der Waals surface area (Å²) in [6.07, 6.45) is 1.32. The predicted octanol–water partition coefficient (Wildman–Crippen LogP) is 3.39. The number of nitrogens with zero attached hydrogens (tertiary/aromatic N) is 2. The number of carbonyl (C=O) groups is 1. The van der Waals surface area contributed by atoms with Gasteiger partial charge in [0.1, 0.15) is 0 Å². The van der Waals surface area contributed by atoms with Crippen molar-refractivity contribution in [2.45, 2.75) is 31.5 Å². The molecule has 2 aromatic rings. The molecule has 2 heterocycles. The van der Waals surface area contributed by atoms with Gasteiger partial charge in [0.15, 0.2) is 0 Å². The van der Waals surface area contributed by atoms with Crippen LogP contribution in [-0.4, -0.2) is 28.3 Å². The van der Waals surface area contributed by atoms with E-state index in [-0.39, 0.29) is 30.0 Å². The molecule has 1 aromatic heterocycles. The van der Waals surface area contributed by atoms with E-state index in [2.05, 4.69) is 15.7 Å². The summed E-state index contributed by atoms with van der Waals surface area (Å²) in [4.78, 5) is 12.1.